The van der Waals surface area contributed by atoms with Crippen molar-refractivity contribution in [3.05, 3.63) is 78.3 Å². The average molecular weight is 420 g/mol. The average Bonchev–Trinajstić information content (AvgIpc) is 2.57. The third-order valence-electron chi connectivity index (χ3n) is 4.52. The van der Waals surface area contributed by atoms with Crippen LogP contribution in [0.4, 0.5) is 11.4 Å². The van der Waals surface area contributed by atoms with Gasteiger partial charge in [-0.2, -0.15) is 0 Å². The predicted molar refractivity (Wildman–Crippen MR) is 96.9 cm³/mol. The topological polar surface area (TPSA) is 115 Å². The lowest BCUT2D eigenvalue weighted by Gasteiger charge is -2.43. The first kappa shape index (κ1) is 18.0. The van der Waals surface area contributed by atoms with Crippen LogP contribution in [-0.4, -0.2) is 15.8 Å². The summed E-state index contributed by atoms with van der Waals surface area (Å²) in [5.74, 6) is -0.573. The lowest BCUT2D eigenvalue weighted by molar-refractivity contribution is -0.394. The van der Waals surface area contributed by atoms with Gasteiger partial charge in [-0.05, 0) is 37.0 Å². The minimum Gasteiger partial charge on any atom is -0.343 e. The van der Waals surface area contributed by atoms with Crippen LogP contribution in [0.25, 0.3) is 0 Å². The van der Waals surface area contributed by atoms with Gasteiger partial charge in [0, 0.05) is 16.6 Å². The lowest BCUT2D eigenvalue weighted by Crippen LogP contribution is -2.50. The van der Waals surface area contributed by atoms with Crippen LogP contribution in [0.1, 0.15) is 35.2 Å². The van der Waals surface area contributed by atoms with Gasteiger partial charge in [0.25, 0.3) is 17.3 Å². The molecule has 26 heavy (non-hydrogen) atoms. The fourth-order valence-corrected chi connectivity index (χ4v) is 3.43. The number of benzene rings is 2. The van der Waals surface area contributed by atoms with Crippen molar-refractivity contribution in [1.29, 1.82) is 0 Å². The van der Waals surface area contributed by atoms with Gasteiger partial charge in [0.05, 0.1) is 27.0 Å². The second-order valence-electron chi connectivity index (χ2n) is 6.15. The Kier molecular flexibility index (Phi) is 4.73. The molecule has 1 saturated carbocycles. The van der Waals surface area contributed by atoms with Crippen LogP contribution in [0.3, 0.4) is 0 Å². The van der Waals surface area contributed by atoms with Crippen LogP contribution in [0, 0.1) is 20.2 Å². The minimum atomic E-state index is -0.753. The molecule has 0 saturated heterocycles. The van der Waals surface area contributed by atoms with Gasteiger partial charge < -0.3 is 5.32 Å². The Balaban J connectivity index is 1.94. The summed E-state index contributed by atoms with van der Waals surface area (Å²) in [5, 5.41) is 24.9. The summed E-state index contributed by atoms with van der Waals surface area (Å²) in [4.78, 5) is 33.2. The predicted octanol–water partition coefficient (Wildman–Crippen LogP) is 4.07. The van der Waals surface area contributed by atoms with Gasteiger partial charge in [-0.3, -0.25) is 25.0 Å². The van der Waals surface area contributed by atoms with Gasteiger partial charge in [0.1, 0.15) is 0 Å². The molecule has 1 aliphatic carbocycles. The van der Waals surface area contributed by atoms with E-state index in [1.807, 2.05) is 24.3 Å². The molecule has 0 unspecified atom stereocenters. The van der Waals surface area contributed by atoms with Crippen LogP contribution in [-0.2, 0) is 5.54 Å². The smallest absolute Gasteiger partial charge is 0.277 e. The van der Waals surface area contributed by atoms with Gasteiger partial charge in [-0.25, -0.2) is 0 Å². The van der Waals surface area contributed by atoms with Crippen molar-refractivity contribution < 1.29 is 14.6 Å². The van der Waals surface area contributed by atoms with Gasteiger partial charge in [-0.15, -0.1) is 0 Å². The maximum Gasteiger partial charge on any atom is 0.277 e. The Morgan fingerprint density at radius 2 is 1.65 bits per heavy atom. The lowest BCUT2D eigenvalue weighted by atomic mass is 9.71. The molecule has 0 heterocycles. The molecule has 1 N–H and O–H groups in total. The molecule has 0 atom stereocenters. The summed E-state index contributed by atoms with van der Waals surface area (Å²) in [6.45, 7) is 0. The van der Waals surface area contributed by atoms with E-state index in [-0.39, 0.29) is 5.56 Å². The molecule has 0 bridgehead atoms. The number of non-ortho nitro benzene ring substituents is 2. The Morgan fingerprint density at radius 1 is 1.04 bits per heavy atom. The monoisotopic (exact) mass is 419 g/mol. The number of amides is 1. The molecular weight excluding hydrogens is 406 g/mol. The highest BCUT2D eigenvalue weighted by Gasteiger charge is 2.40. The second-order valence-corrected chi connectivity index (χ2v) is 7.07. The second kappa shape index (κ2) is 6.83. The Bertz CT molecular complexity index is 879. The Hall–Kier alpha value is -2.81. The standard InChI is InChI=1S/C17H14BrN3O5/c18-13-4-1-3-12(9-13)17(5-2-6-17)19-16(22)11-7-14(20(23)24)10-15(8-11)21(25)26/h1,3-4,7-10H,2,5-6H2,(H,19,22). The number of nitro groups is 2. The van der Waals surface area contributed by atoms with Crippen molar-refractivity contribution in [2.45, 2.75) is 24.8 Å². The van der Waals surface area contributed by atoms with E-state index in [9.17, 15) is 25.0 Å². The number of nitrogens with zero attached hydrogens (tertiary/aromatic N) is 2. The number of hydrogen-bond acceptors (Lipinski definition) is 5. The van der Waals surface area contributed by atoms with Crippen molar-refractivity contribution in [3.8, 4) is 0 Å². The molecule has 1 fully saturated rings. The number of hydrogen-bond donors (Lipinski definition) is 1. The SMILES string of the molecule is O=C(NC1(c2cccc(Br)c2)CCC1)c1cc([N+](=O)[O-])cc([N+](=O)[O-])c1. The summed E-state index contributed by atoms with van der Waals surface area (Å²) in [7, 11) is 0. The largest absolute Gasteiger partial charge is 0.343 e. The maximum atomic E-state index is 12.7. The summed E-state index contributed by atoms with van der Waals surface area (Å²) < 4.78 is 0.876. The maximum absolute atomic E-state index is 12.7. The molecule has 1 aliphatic rings. The quantitative estimate of drug-likeness (QED) is 0.578. The fourth-order valence-electron chi connectivity index (χ4n) is 3.03. The molecule has 2 aromatic rings. The van der Waals surface area contributed by atoms with Crippen LogP contribution in [0.2, 0.25) is 0 Å². The molecule has 9 heteroatoms. The summed E-state index contributed by atoms with van der Waals surface area (Å²) >= 11 is 3.41. The van der Waals surface area contributed by atoms with Crippen LogP contribution in [0.15, 0.2) is 46.9 Å². The van der Waals surface area contributed by atoms with E-state index in [1.54, 1.807) is 0 Å². The summed E-state index contributed by atoms with van der Waals surface area (Å²) in [6.07, 6.45) is 2.39. The van der Waals surface area contributed by atoms with Gasteiger partial charge >= 0.3 is 0 Å². The zero-order chi connectivity index (χ0) is 18.9. The highest BCUT2D eigenvalue weighted by Crippen LogP contribution is 2.42. The van der Waals surface area contributed by atoms with Crippen LogP contribution in [0.5, 0.6) is 0 Å². The number of nitro benzene ring substituents is 2. The van der Waals surface area contributed by atoms with E-state index in [0.717, 1.165) is 47.5 Å². The molecule has 2 aromatic carbocycles. The highest BCUT2D eigenvalue weighted by atomic mass is 79.9. The minimum absolute atomic E-state index is 0.104. The molecular formula is C17H14BrN3O5. The first-order chi connectivity index (χ1) is 12.3. The Labute approximate surface area is 156 Å². The molecule has 0 aromatic heterocycles. The molecule has 3 rings (SSSR count). The van der Waals surface area contributed by atoms with Gasteiger partial charge in [0.15, 0.2) is 0 Å². The van der Waals surface area contributed by atoms with E-state index in [2.05, 4.69) is 21.2 Å². The molecule has 1 amide bonds. The van der Waals surface area contributed by atoms with Crippen molar-refractivity contribution in [1.82, 2.24) is 5.32 Å². The highest BCUT2D eigenvalue weighted by molar-refractivity contribution is 9.10. The molecule has 0 aliphatic heterocycles. The Morgan fingerprint density at radius 3 is 2.12 bits per heavy atom. The normalized spacial score (nSPS) is 15.0. The third-order valence-corrected chi connectivity index (χ3v) is 5.02. The number of carbonyl (C=O) groups is 1. The number of nitrogens with one attached hydrogen (secondary N) is 1. The van der Waals surface area contributed by atoms with E-state index < -0.39 is 32.7 Å². The van der Waals surface area contributed by atoms with E-state index in [4.69, 9.17) is 0 Å². The zero-order valence-electron chi connectivity index (χ0n) is 13.5. The first-order valence-corrected chi connectivity index (χ1v) is 8.62. The molecule has 8 nitrogen and oxygen atoms in total. The van der Waals surface area contributed by atoms with Crippen molar-refractivity contribution >= 4 is 33.2 Å². The zero-order valence-corrected chi connectivity index (χ0v) is 15.1. The van der Waals surface area contributed by atoms with E-state index >= 15 is 0 Å². The third kappa shape index (κ3) is 3.43. The summed E-state index contributed by atoms with van der Waals surface area (Å²) in [5.41, 5.74) is -0.734. The van der Waals surface area contributed by atoms with Crippen molar-refractivity contribution in [2.75, 3.05) is 0 Å². The number of carbonyl (C=O) groups excluding carboxylic acids is 1. The van der Waals surface area contributed by atoms with Crippen molar-refractivity contribution in [2.24, 2.45) is 0 Å². The van der Waals surface area contributed by atoms with Gasteiger partial charge in [-0.1, -0.05) is 28.1 Å². The number of halogens is 1. The van der Waals surface area contributed by atoms with E-state index in [0.29, 0.717) is 0 Å². The van der Waals surface area contributed by atoms with Crippen molar-refractivity contribution in [3.63, 3.8) is 0 Å². The molecule has 0 radical (unpaired) electrons. The summed E-state index contributed by atoms with van der Waals surface area (Å²) in [6, 6.07) is 10.5. The van der Waals surface area contributed by atoms with Crippen LogP contribution >= 0.6 is 15.9 Å². The molecule has 0 spiro atoms. The van der Waals surface area contributed by atoms with Crippen LogP contribution < -0.4 is 5.32 Å². The van der Waals surface area contributed by atoms with Gasteiger partial charge in [0.2, 0.25) is 0 Å². The fraction of sp³-hybridized carbons (Fsp3) is 0.235. The first-order valence-electron chi connectivity index (χ1n) is 7.83. The molecule has 134 valence electrons. The van der Waals surface area contributed by atoms with E-state index in [1.165, 1.54) is 0 Å². The number of rotatable bonds is 5.